The number of rotatable bonds is 5. The summed E-state index contributed by atoms with van der Waals surface area (Å²) in [5, 5.41) is 3.33. The second-order valence-electron chi connectivity index (χ2n) is 5.67. The maximum atomic E-state index is 12.5. The SMILES string of the molecule is CCCNc1ccc(C(=O)N2CCCC(CC)C2)cc1. The van der Waals surface area contributed by atoms with Gasteiger partial charge in [0.2, 0.25) is 0 Å². The number of carbonyl (C=O) groups is 1. The number of piperidine rings is 1. The zero-order valence-electron chi connectivity index (χ0n) is 12.7. The molecule has 0 aromatic heterocycles. The molecule has 1 aliphatic rings. The van der Waals surface area contributed by atoms with Gasteiger partial charge >= 0.3 is 0 Å². The number of hydrogen-bond donors (Lipinski definition) is 1. The summed E-state index contributed by atoms with van der Waals surface area (Å²) in [5.41, 5.74) is 1.90. The van der Waals surface area contributed by atoms with Crippen LogP contribution in [0, 0.1) is 5.92 Å². The van der Waals surface area contributed by atoms with Gasteiger partial charge in [-0.3, -0.25) is 4.79 Å². The van der Waals surface area contributed by atoms with Gasteiger partial charge in [0.05, 0.1) is 0 Å². The van der Waals surface area contributed by atoms with Crippen molar-refractivity contribution in [3.8, 4) is 0 Å². The first-order valence-electron chi connectivity index (χ1n) is 7.87. The molecule has 1 atom stereocenters. The number of benzene rings is 1. The molecule has 1 aromatic carbocycles. The summed E-state index contributed by atoms with van der Waals surface area (Å²) in [4.78, 5) is 14.5. The number of likely N-dealkylation sites (tertiary alicyclic amines) is 1. The van der Waals surface area contributed by atoms with Gasteiger partial charge < -0.3 is 10.2 Å². The Hall–Kier alpha value is -1.51. The van der Waals surface area contributed by atoms with E-state index in [1.807, 2.05) is 29.2 Å². The molecule has 0 saturated carbocycles. The van der Waals surface area contributed by atoms with Crippen molar-refractivity contribution in [3.05, 3.63) is 29.8 Å². The van der Waals surface area contributed by atoms with Crippen molar-refractivity contribution >= 4 is 11.6 Å². The average Bonchev–Trinajstić information content (AvgIpc) is 2.52. The number of anilines is 1. The maximum absolute atomic E-state index is 12.5. The maximum Gasteiger partial charge on any atom is 0.253 e. The van der Waals surface area contributed by atoms with Gasteiger partial charge in [-0.2, -0.15) is 0 Å². The van der Waals surface area contributed by atoms with Crippen molar-refractivity contribution in [1.29, 1.82) is 0 Å². The lowest BCUT2D eigenvalue weighted by Crippen LogP contribution is -2.39. The van der Waals surface area contributed by atoms with Crippen LogP contribution in [0.25, 0.3) is 0 Å². The molecule has 1 unspecified atom stereocenters. The van der Waals surface area contributed by atoms with E-state index in [-0.39, 0.29) is 5.91 Å². The van der Waals surface area contributed by atoms with Gasteiger partial charge in [0.15, 0.2) is 0 Å². The van der Waals surface area contributed by atoms with E-state index in [1.54, 1.807) is 0 Å². The molecule has 1 amide bonds. The molecule has 0 spiro atoms. The molecule has 1 aliphatic heterocycles. The summed E-state index contributed by atoms with van der Waals surface area (Å²) >= 11 is 0. The summed E-state index contributed by atoms with van der Waals surface area (Å²) in [6.07, 6.45) is 4.68. The summed E-state index contributed by atoms with van der Waals surface area (Å²) in [6, 6.07) is 7.89. The van der Waals surface area contributed by atoms with Crippen LogP contribution in [0.4, 0.5) is 5.69 Å². The van der Waals surface area contributed by atoms with Gasteiger partial charge in [0.25, 0.3) is 5.91 Å². The van der Waals surface area contributed by atoms with Gasteiger partial charge in [-0.25, -0.2) is 0 Å². The molecule has 3 heteroatoms. The summed E-state index contributed by atoms with van der Waals surface area (Å²) in [6.45, 7) is 7.16. The third kappa shape index (κ3) is 3.75. The quantitative estimate of drug-likeness (QED) is 0.886. The minimum atomic E-state index is 0.185. The summed E-state index contributed by atoms with van der Waals surface area (Å²) < 4.78 is 0. The summed E-state index contributed by atoms with van der Waals surface area (Å²) in [5.74, 6) is 0.864. The van der Waals surface area contributed by atoms with Gasteiger partial charge in [-0.05, 0) is 49.4 Å². The third-order valence-corrected chi connectivity index (χ3v) is 4.09. The van der Waals surface area contributed by atoms with Crippen LogP contribution < -0.4 is 5.32 Å². The highest BCUT2D eigenvalue weighted by Gasteiger charge is 2.23. The Kier molecular flexibility index (Phi) is 5.45. The molecule has 1 saturated heterocycles. The molecule has 0 aliphatic carbocycles. The van der Waals surface area contributed by atoms with Crippen molar-refractivity contribution in [2.75, 3.05) is 25.0 Å². The number of nitrogens with zero attached hydrogens (tertiary/aromatic N) is 1. The first kappa shape index (κ1) is 14.9. The lowest BCUT2D eigenvalue weighted by atomic mass is 9.95. The highest BCUT2D eigenvalue weighted by Crippen LogP contribution is 2.21. The lowest BCUT2D eigenvalue weighted by Gasteiger charge is -2.32. The minimum absolute atomic E-state index is 0.185. The topological polar surface area (TPSA) is 32.3 Å². The van der Waals surface area contributed by atoms with E-state index in [2.05, 4.69) is 19.2 Å². The van der Waals surface area contributed by atoms with Gasteiger partial charge in [0, 0.05) is 30.9 Å². The lowest BCUT2D eigenvalue weighted by molar-refractivity contribution is 0.0671. The number of amides is 1. The van der Waals surface area contributed by atoms with E-state index in [9.17, 15) is 4.79 Å². The van der Waals surface area contributed by atoms with E-state index < -0.39 is 0 Å². The molecular weight excluding hydrogens is 248 g/mol. The van der Waals surface area contributed by atoms with E-state index in [4.69, 9.17) is 0 Å². The number of hydrogen-bond acceptors (Lipinski definition) is 2. The molecule has 1 aromatic rings. The second kappa shape index (κ2) is 7.32. The Morgan fingerprint density at radius 1 is 1.30 bits per heavy atom. The smallest absolute Gasteiger partial charge is 0.253 e. The molecule has 1 fully saturated rings. The van der Waals surface area contributed by atoms with Crippen LogP contribution in [-0.2, 0) is 0 Å². The van der Waals surface area contributed by atoms with Crippen molar-refractivity contribution in [2.24, 2.45) is 5.92 Å². The van der Waals surface area contributed by atoms with Crippen molar-refractivity contribution in [1.82, 2.24) is 4.90 Å². The van der Waals surface area contributed by atoms with E-state index in [1.165, 1.54) is 12.8 Å². The molecule has 1 N–H and O–H groups in total. The van der Waals surface area contributed by atoms with Crippen LogP contribution in [0.5, 0.6) is 0 Å². The Morgan fingerprint density at radius 2 is 2.05 bits per heavy atom. The zero-order chi connectivity index (χ0) is 14.4. The molecule has 1 heterocycles. The van der Waals surface area contributed by atoms with Crippen molar-refractivity contribution in [2.45, 2.75) is 39.5 Å². The fourth-order valence-electron chi connectivity index (χ4n) is 2.77. The normalized spacial score (nSPS) is 18.9. The van der Waals surface area contributed by atoms with Crippen LogP contribution in [-0.4, -0.2) is 30.4 Å². The fraction of sp³-hybridized carbons (Fsp3) is 0.588. The Balaban J connectivity index is 1.98. The van der Waals surface area contributed by atoms with Crippen LogP contribution in [0.3, 0.4) is 0 Å². The molecule has 110 valence electrons. The van der Waals surface area contributed by atoms with E-state index in [0.29, 0.717) is 5.92 Å². The predicted octanol–water partition coefficient (Wildman–Crippen LogP) is 3.77. The molecule has 20 heavy (non-hydrogen) atoms. The van der Waals surface area contributed by atoms with Crippen LogP contribution >= 0.6 is 0 Å². The Bertz CT molecular complexity index is 427. The van der Waals surface area contributed by atoms with Crippen molar-refractivity contribution in [3.63, 3.8) is 0 Å². The van der Waals surface area contributed by atoms with E-state index in [0.717, 1.165) is 43.7 Å². The highest BCUT2D eigenvalue weighted by molar-refractivity contribution is 5.94. The first-order chi connectivity index (χ1) is 9.74. The first-order valence-corrected chi connectivity index (χ1v) is 7.87. The molecule has 0 radical (unpaired) electrons. The summed E-state index contributed by atoms with van der Waals surface area (Å²) in [7, 11) is 0. The van der Waals surface area contributed by atoms with Gasteiger partial charge in [-0.15, -0.1) is 0 Å². The standard InChI is InChI=1S/C17H26N2O/c1-3-11-18-16-9-7-15(8-10-16)17(20)19-12-5-6-14(4-2)13-19/h7-10,14,18H,3-6,11-13H2,1-2H3. The zero-order valence-corrected chi connectivity index (χ0v) is 12.7. The number of nitrogens with one attached hydrogen (secondary N) is 1. The van der Waals surface area contributed by atoms with E-state index >= 15 is 0 Å². The van der Waals surface area contributed by atoms with Gasteiger partial charge in [0.1, 0.15) is 0 Å². The monoisotopic (exact) mass is 274 g/mol. The Morgan fingerprint density at radius 3 is 2.70 bits per heavy atom. The predicted molar refractivity (Wildman–Crippen MR) is 84.1 cm³/mol. The largest absolute Gasteiger partial charge is 0.385 e. The Labute approximate surface area is 122 Å². The highest BCUT2D eigenvalue weighted by atomic mass is 16.2. The van der Waals surface area contributed by atoms with Crippen LogP contribution in [0.15, 0.2) is 24.3 Å². The molecule has 3 nitrogen and oxygen atoms in total. The molecule has 0 bridgehead atoms. The average molecular weight is 274 g/mol. The molecular formula is C17H26N2O. The molecule has 2 rings (SSSR count). The fourth-order valence-corrected chi connectivity index (χ4v) is 2.77. The van der Waals surface area contributed by atoms with Crippen LogP contribution in [0.1, 0.15) is 49.9 Å². The number of carbonyl (C=O) groups excluding carboxylic acids is 1. The third-order valence-electron chi connectivity index (χ3n) is 4.09. The second-order valence-corrected chi connectivity index (χ2v) is 5.67. The minimum Gasteiger partial charge on any atom is -0.385 e. The van der Waals surface area contributed by atoms with Gasteiger partial charge in [-0.1, -0.05) is 20.3 Å². The van der Waals surface area contributed by atoms with Crippen molar-refractivity contribution < 1.29 is 4.79 Å². The van der Waals surface area contributed by atoms with Crippen LogP contribution in [0.2, 0.25) is 0 Å².